The number of aliphatic hydroxyl groups excluding tert-OH is 1. The molecule has 21 heavy (non-hydrogen) atoms. The second kappa shape index (κ2) is 8.66. The number of methoxy groups -OCH3 is 1. The molecule has 0 spiro atoms. The lowest BCUT2D eigenvalue weighted by atomic mass is 10.1. The number of ether oxygens (including phenoxy) is 1. The summed E-state index contributed by atoms with van der Waals surface area (Å²) in [4.78, 5) is 11.6. The van der Waals surface area contributed by atoms with Gasteiger partial charge in [0.15, 0.2) is 11.6 Å². The topological polar surface area (TPSA) is 70.6 Å². The van der Waals surface area contributed by atoms with Crippen molar-refractivity contribution in [1.29, 1.82) is 0 Å². The van der Waals surface area contributed by atoms with Gasteiger partial charge in [-0.05, 0) is 24.6 Å². The van der Waals surface area contributed by atoms with Gasteiger partial charge in [-0.3, -0.25) is 4.79 Å². The van der Waals surface area contributed by atoms with Gasteiger partial charge in [0.1, 0.15) is 0 Å². The molecule has 0 bridgehead atoms. The summed E-state index contributed by atoms with van der Waals surface area (Å²) >= 11 is 0. The van der Waals surface area contributed by atoms with Crippen molar-refractivity contribution in [2.24, 2.45) is 0 Å². The number of nitrogens with one attached hydrogen (secondary N) is 2. The molecule has 0 saturated heterocycles. The third-order valence-electron chi connectivity index (χ3n) is 2.94. The third kappa shape index (κ3) is 5.74. The summed E-state index contributed by atoms with van der Waals surface area (Å²) in [5.41, 5.74) is 0.244. The SMILES string of the molecule is COCCNC(=O)C(C)NCC(O)c1ccc(F)c(F)c1. The van der Waals surface area contributed by atoms with Crippen molar-refractivity contribution in [3.05, 3.63) is 35.4 Å². The molecule has 5 nitrogen and oxygen atoms in total. The van der Waals surface area contributed by atoms with E-state index in [9.17, 15) is 18.7 Å². The van der Waals surface area contributed by atoms with Crippen LogP contribution in [0.15, 0.2) is 18.2 Å². The predicted octanol–water partition coefficient (Wildman–Crippen LogP) is 0.739. The standard InChI is InChI=1S/C14H20F2N2O3/c1-9(14(20)17-5-6-21-2)18-8-13(19)10-3-4-11(15)12(16)7-10/h3-4,7,9,13,18-19H,5-6,8H2,1-2H3,(H,17,20). The molecule has 1 aromatic rings. The number of halogens is 2. The molecule has 1 amide bonds. The zero-order chi connectivity index (χ0) is 15.8. The lowest BCUT2D eigenvalue weighted by Crippen LogP contribution is -2.44. The molecule has 0 radical (unpaired) electrons. The Balaban J connectivity index is 2.42. The lowest BCUT2D eigenvalue weighted by Gasteiger charge is -2.17. The molecule has 2 unspecified atom stereocenters. The van der Waals surface area contributed by atoms with Crippen LogP contribution in [0, 0.1) is 11.6 Å². The van der Waals surface area contributed by atoms with Crippen LogP contribution < -0.4 is 10.6 Å². The first kappa shape index (κ1) is 17.5. The van der Waals surface area contributed by atoms with Gasteiger partial charge >= 0.3 is 0 Å². The van der Waals surface area contributed by atoms with Crippen LogP contribution in [0.1, 0.15) is 18.6 Å². The van der Waals surface area contributed by atoms with E-state index in [4.69, 9.17) is 4.74 Å². The van der Waals surface area contributed by atoms with E-state index in [0.29, 0.717) is 13.2 Å². The average molecular weight is 302 g/mol. The minimum absolute atomic E-state index is 0.0456. The maximum atomic E-state index is 13.1. The second-order valence-corrected chi connectivity index (χ2v) is 4.60. The summed E-state index contributed by atoms with van der Waals surface area (Å²) in [6, 6.07) is 2.66. The van der Waals surface area contributed by atoms with Crippen LogP contribution in [-0.4, -0.2) is 43.9 Å². The number of aliphatic hydroxyl groups is 1. The first-order chi connectivity index (χ1) is 9.95. The first-order valence-corrected chi connectivity index (χ1v) is 6.58. The summed E-state index contributed by atoms with van der Waals surface area (Å²) in [5.74, 6) is -2.22. The van der Waals surface area contributed by atoms with Gasteiger partial charge in [-0.15, -0.1) is 0 Å². The molecule has 0 aliphatic carbocycles. The highest BCUT2D eigenvalue weighted by atomic mass is 19.2. The lowest BCUT2D eigenvalue weighted by molar-refractivity contribution is -0.123. The molecule has 1 rings (SSSR count). The molecule has 118 valence electrons. The highest BCUT2D eigenvalue weighted by Crippen LogP contribution is 2.15. The summed E-state index contributed by atoms with van der Waals surface area (Å²) < 4.78 is 30.7. The van der Waals surface area contributed by atoms with E-state index >= 15 is 0 Å². The Morgan fingerprint density at radius 1 is 1.38 bits per heavy atom. The number of carbonyl (C=O) groups is 1. The van der Waals surface area contributed by atoms with Crippen molar-refractivity contribution in [3.63, 3.8) is 0 Å². The zero-order valence-electron chi connectivity index (χ0n) is 12.0. The molecule has 0 fully saturated rings. The van der Waals surface area contributed by atoms with Crippen molar-refractivity contribution >= 4 is 5.91 Å². The van der Waals surface area contributed by atoms with E-state index in [1.165, 1.54) is 13.2 Å². The van der Waals surface area contributed by atoms with Crippen LogP contribution in [0.25, 0.3) is 0 Å². The molecule has 7 heteroatoms. The van der Waals surface area contributed by atoms with Crippen molar-refractivity contribution in [2.75, 3.05) is 26.8 Å². The van der Waals surface area contributed by atoms with E-state index in [-0.39, 0.29) is 18.0 Å². The average Bonchev–Trinajstić information content (AvgIpc) is 2.47. The summed E-state index contributed by atoms with van der Waals surface area (Å²) in [6.07, 6.45) is -1.03. The van der Waals surface area contributed by atoms with E-state index < -0.39 is 23.8 Å². The molecule has 1 aromatic carbocycles. The molecule has 3 N–H and O–H groups in total. The Morgan fingerprint density at radius 3 is 2.71 bits per heavy atom. The quantitative estimate of drug-likeness (QED) is 0.620. The first-order valence-electron chi connectivity index (χ1n) is 6.58. The number of hydrogen-bond donors (Lipinski definition) is 3. The van der Waals surface area contributed by atoms with Gasteiger partial charge in [0.25, 0.3) is 0 Å². The Labute approximate surface area is 122 Å². The summed E-state index contributed by atoms with van der Waals surface area (Å²) in [7, 11) is 1.53. The van der Waals surface area contributed by atoms with Crippen LogP contribution in [0.4, 0.5) is 8.78 Å². The number of rotatable bonds is 8. The molecule has 0 aromatic heterocycles. The molecular weight excluding hydrogens is 282 g/mol. The predicted molar refractivity (Wildman–Crippen MR) is 73.7 cm³/mol. The zero-order valence-corrected chi connectivity index (χ0v) is 12.0. The van der Waals surface area contributed by atoms with Crippen molar-refractivity contribution in [3.8, 4) is 0 Å². The van der Waals surface area contributed by atoms with Gasteiger partial charge in [0.2, 0.25) is 5.91 Å². The minimum Gasteiger partial charge on any atom is -0.387 e. The van der Waals surface area contributed by atoms with Gasteiger partial charge in [0.05, 0.1) is 18.8 Å². The molecule has 2 atom stereocenters. The monoisotopic (exact) mass is 302 g/mol. The summed E-state index contributed by atoms with van der Waals surface area (Å²) in [6.45, 7) is 2.49. The van der Waals surface area contributed by atoms with Crippen molar-refractivity contribution < 1.29 is 23.4 Å². The van der Waals surface area contributed by atoms with E-state index in [1.54, 1.807) is 6.92 Å². The summed E-state index contributed by atoms with van der Waals surface area (Å²) in [5, 5.41) is 15.3. The molecule has 0 saturated carbocycles. The number of benzene rings is 1. The smallest absolute Gasteiger partial charge is 0.236 e. The molecule has 0 heterocycles. The van der Waals surface area contributed by atoms with Gasteiger partial charge in [-0.25, -0.2) is 8.78 Å². The molecule has 0 aliphatic heterocycles. The van der Waals surface area contributed by atoms with Gasteiger partial charge in [-0.2, -0.15) is 0 Å². The molecular formula is C14H20F2N2O3. The van der Waals surface area contributed by atoms with Crippen LogP contribution in [0.3, 0.4) is 0 Å². The van der Waals surface area contributed by atoms with Gasteiger partial charge in [-0.1, -0.05) is 6.07 Å². The highest BCUT2D eigenvalue weighted by molar-refractivity contribution is 5.81. The Morgan fingerprint density at radius 2 is 2.10 bits per heavy atom. The van der Waals surface area contributed by atoms with Gasteiger partial charge < -0.3 is 20.5 Å². The maximum absolute atomic E-state index is 13.1. The number of carbonyl (C=O) groups excluding carboxylic acids is 1. The van der Waals surface area contributed by atoms with Crippen LogP contribution in [0.5, 0.6) is 0 Å². The number of amides is 1. The largest absolute Gasteiger partial charge is 0.387 e. The fourth-order valence-corrected chi connectivity index (χ4v) is 1.65. The van der Waals surface area contributed by atoms with E-state index in [0.717, 1.165) is 12.1 Å². The van der Waals surface area contributed by atoms with E-state index in [1.807, 2.05) is 0 Å². The molecule has 0 aliphatic rings. The van der Waals surface area contributed by atoms with Gasteiger partial charge in [0, 0.05) is 20.2 Å². The Bertz CT molecular complexity index is 472. The van der Waals surface area contributed by atoms with Crippen molar-refractivity contribution in [1.82, 2.24) is 10.6 Å². The van der Waals surface area contributed by atoms with Crippen LogP contribution >= 0.6 is 0 Å². The van der Waals surface area contributed by atoms with Crippen molar-refractivity contribution in [2.45, 2.75) is 19.1 Å². The Kier molecular flexibility index (Phi) is 7.21. The second-order valence-electron chi connectivity index (χ2n) is 4.60. The van der Waals surface area contributed by atoms with E-state index in [2.05, 4.69) is 10.6 Å². The Hall–Kier alpha value is -1.57. The van der Waals surface area contributed by atoms with Crippen LogP contribution in [0.2, 0.25) is 0 Å². The fraction of sp³-hybridized carbons (Fsp3) is 0.500. The maximum Gasteiger partial charge on any atom is 0.236 e. The van der Waals surface area contributed by atoms with Crippen LogP contribution in [-0.2, 0) is 9.53 Å². The minimum atomic E-state index is -1.03. The fourth-order valence-electron chi connectivity index (χ4n) is 1.65. The third-order valence-corrected chi connectivity index (χ3v) is 2.94. The normalized spacial score (nSPS) is 13.8. The highest BCUT2D eigenvalue weighted by Gasteiger charge is 2.15. The number of hydrogen-bond acceptors (Lipinski definition) is 4.